The molecule has 0 fully saturated rings. The molecular weight excluding hydrogens is 120 g/mol. The van der Waals surface area contributed by atoms with E-state index in [1.165, 1.54) is 0 Å². The molecule has 0 atom stereocenters. The lowest BCUT2D eigenvalue weighted by molar-refractivity contribution is 0.112. The first-order valence-corrected chi connectivity index (χ1v) is 3.22. The van der Waals surface area contributed by atoms with Gasteiger partial charge in [-0.3, -0.25) is 4.79 Å². The molecule has 1 aromatic heterocycles. The quantitative estimate of drug-likeness (QED) is 0.525. The maximum Gasteiger partial charge on any atom is 0.151 e. The van der Waals surface area contributed by atoms with Gasteiger partial charge in [-0.25, -0.2) is 0 Å². The molecule has 0 aliphatic rings. The summed E-state index contributed by atoms with van der Waals surface area (Å²) in [6.07, 6.45) is 0.881. The van der Waals surface area contributed by atoms with Crippen LogP contribution in [0, 0.1) is 6.92 Å². The summed E-state index contributed by atoms with van der Waals surface area (Å²) in [4.78, 5) is 11.2. The fraction of sp³-hybridized carbons (Fsp3) is 0.167. The summed E-state index contributed by atoms with van der Waals surface area (Å²) in [6.45, 7) is 1.94. The Morgan fingerprint density at radius 3 is 2.75 bits per heavy atom. The van der Waals surface area contributed by atoms with Gasteiger partial charge < -0.3 is 0 Å². The third-order valence-electron chi connectivity index (χ3n) is 1.03. The molecule has 0 saturated heterocycles. The van der Waals surface area contributed by atoms with Gasteiger partial charge in [-0.15, -0.1) is 11.3 Å². The van der Waals surface area contributed by atoms with Crippen LogP contribution >= 0.6 is 11.3 Å². The molecule has 1 nitrogen and oxygen atoms in total. The summed E-state index contributed by atoms with van der Waals surface area (Å²) >= 11 is 1.60. The van der Waals surface area contributed by atoms with Crippen LogP contribution < -0.4 is 0 Å². The Morgan fingerprint density at radius 1 is 1.75 bits per heavy atom. The Kier molecular flexibility index (Phi) is 1.44. The molecule has 0 saturated carbocycles. The zero-order chi connectivity index (χ0) is 5.98. The normalized spacial score (nSPS) is 9.12. The number of rotatable bonds is 1. The first-order valence-electron chi connectivity index (χ1n) is 2.34. The number of aldehydes is 1. The molecule has 1 rings (SSSR count). The molecule has 1 heterocycles. The molecule has 8 heavy (non-hydrogen) atoms. The summed E-state index contributed by atoms with van der Waals surface area (Å²) in [6, 6.07) is 1.83. The Hall–Kier alpha value is -0.630. The Balaban J connectivity index is 3.09. The Labute approximate surface area is 52.0 Å². The van der Waals surface area contributed by atoms with Crippen LogP contribution in [-0.4, -0.2) is 6.29 Å². The van der Waals surface area contributed by atoms with Crippen molar-refractivity contribution in [1.29, 1.82) is 0 Å². The topological polar surface area (TPSA) is 17.1 Å². The van der Waals surface area contributed by atoms with Crippen LogP contribution in [0.5, 0.6) is 0 Å². The van der Waals surface area contributed by atoms with Crippen LogP contribution in [0.2, 0.25) is 0 Å². The van der Waals surface area contributed by atoms with Crippen molar-refractivity contribution in [3.63, 3.8) is 0 Å². The Bertz CT molecular complexity index is 190. The van der Waals surface area contributed by atoms with E-state index in [4.69, 9.17) is 0 Å². The third-order valence-corrected chi connectivity index (χ3v) is 1.89. The highest BCUT2D eigenvalue weighted by Crippen LogP contribution is 2.11. The van der Waals surface area contributed by atoms with Gasteiger partial charge in [0, 0.05) is 10.4 Å². The number of thiophene rings is 1. The van der Waals surface area contributed by atoms with Gasteiger partial charge in [0.25, 0.3) is 0 Å². The highest BCUT2D eigenvalue weighted by atomic mass is 32.1. The number of carbonyl (C=O) groups is 1. The van der Waals surface area contributed by atoms with Gasteiger partial charge in [0.2, 0.25) is 0 Å². The lowest BCUT2D eigenvalue weighted by Gasteiger charge is -1.79. The number of hydrogen-bond donors (Lipinski definition) is 0. The summed E-state index contributed by atoms with van der Waals surface area (Å²) in [5, 5.41) is 1.92. The maximum absolute atomic E-state index is 10.1. The highest BCUT2D eigenvalue weighted by Gasteiger charge is 1.93. The van der Waals surface area contributed by atoms with Crippen molar-refractivity contribution in [1.82, 2.24) is 0 Å². The van der Waals surface area contributed by atoms with Crippen molar-refractivity contribution in [2.24, 2.45) is 0 Å². The predicted octanol–water partition coefficient (Wildman–Crippen LogP) is 1.87. The van der Waals surface area contributed by atoms with Crippen molar-refractivity contribution in [3.05, 3.63) is 21.9 Å². The molecule has 0 aliphatic carbocycles. The maximum atomic E-state index is 10.1. The fourth-order valence-electron chi connectivity index (χ4n) is 0.517. The predicted molar refractivity (Wildman–Crippen MR) is 34.4 cm³/mol. The highest BCUT2D eigenvalue weighted by molar-refractivity contribution is 7.10. The average molecular weight is 126 g/mol. The summed E-state index contributed by atoms with van der Waals surface area (Å²) in [5.74, 6) is 0. The molecule has 0 aliphatic heterocycles. The Morgan fingerprint density at radius 2 is 2.50 bits per heavy atom. The third kappa shape index (κ3) is 0.793. The molecule has 0 aromatic carbocycles. The van der Waals surface area contributed by atoms with E-state index in [1.54, 1.807) is 11.3 Å². The lowest BCUT2D eigenvalue weighted by atomic mass is 10.3. The standard InChI is InChI=1S/C6H6OS/c1-5-6(4-7)2-3-8-5/h2-4H,1H3. The molecule has 0 spiro atoms. The zero-order valence-corrected chi connectivity index (χ0v) is 5.37. The SMILES string of the molecule is Cc1sccc1C=O. The lowest BCUT2D eigenvalue weighted by Crippen LogP contribution is -1.73. The van der Waals surface area contributed by atoms with Crippen molar-refractivity contribution in [2.75, 3.05) is 0 Å². The van der Waals surface area contributed by atoms with Crippen molar-refractivity contribution in [3.8, 4) is 0 Å². The van der Waals surface area contributed by atoms with Crippen molar-refractivity contribution >= 4 is 17.6 Å². The number of carbonyl (C=O) groups excluding carboxylic acids is 1. The summed E-state index contributed by atoms with van der Waals surface area (Å²) < 4.78 is 0. The monoisotopic (exact) mass is 126 g/mol. The van der Waals surface area contributed by atoms with Gasteiger partial charge in [0.15, 0.2) is 6.29 Å². The first-order chi connectivity index (χ1) is 3.84. The minimum absolute atomic E-state index is 0.815. The van der Waals surface area contributed by atoms with E-state index in [9.17, 15) is 4.79 Å². The fourth-order valence-corrected chi connectivity index (χ4v) is 1.19. The largest absolute Gasteiger partial charge is 0.298 e. The molecular formula is C6H6OS. The zero-order valence-electron chi connectivity index (χ0n) is 4.55. The molecule has 0 unspecified atom stereocenters. The average Bonchev–Trinajstić information content (AvgIpc) is 2.14. The van der Waals surface area contributed by atoms with E-state index >= 15 is 0 Å². The van der Waals surface area contributed by atoms with Gasteiger partial charge in [-0.2, -0.15) is 0 Å². The van der Waals surface area contributed by atoms with Gasteiger partial charge >= 0.3 is 0 Å². The minimum atomic E-state index is 0.815. The van der Waals surface area contributed by atoms with Crippen LogP contribution in [-0.2, 0) is 0 Å². The van der Waals surface area contributed by atoms with Crippen LogP contribution in [0.25, 0.3) is 0 Å². The van der Waals surface area contributed by atoms with Gasteiger partial charge in [0.1, 0.15) is 0 Å². The van der Waals surface area contributed by atoms with Gasteiger partial charge in [-0.05, 0) is 18.4 Å². The molecule has 1 aromatic rings. The smallest absolute Gasteiger partial charge is 0.151 e. The minimum Gasteiger partial charge on any atom is -0.298 e. The number of hydrogen-bond acceptors (Lipinski definition) is 2. The van der Waals surface area contributed by atoms with Gasteiger partial charge in [0.05, 0.1) is 0 Å². The van der Waals surface area contributed by atoms with E-state index in [-0.39, 0.29) is 0 Å². The second-order valence-corrected chi connectivity index (χ2v) is 2.67. The summed E-state index contributed by atoms with van der Waals surface area (Å²) in [7, 11) is 0. The van der Waals surface area contributed by atoms with Crippen LogP contribution in [0.15, 0.2) is 11.4 Å². The molecule has 0 amide bonds. The molecule has 2 heteroatoms. The van der Waals surface area contributed by atoms with Crippen LogP contribution in [0.3, 0.4) is 0 Å². The first kappa shape index (κ1) is 5.51. The second kappa shape index (κ2) is 2.09. The van der Waals surface area contributed by atoms with Crippen LogP contribution in [0.4, 0.5) is 0 Å². The molecule has 0 bridgehead atoms. The molecule has 42 valence electrons. The number of aryl methyl sites for hydroxylation is 1. The molecule has 0 N–H and O–H groups in total. The van der Waals surface area contributed by atoms with E-state index in [1.807, 2.05) is 18.4 Å². The van der Waals surface area contributed by atoms with Gasteiger partial charge in [-0.1, -0.05) is 0 Å². The van der Waals surface area contributed by atoms with Crippen LogP contribution in [0.1, 0.15) is 15.2 Å². The van der Waals surface area contributed by atoms with E-state index in [2.05, 4.69) is 0 Å². The van der Waals surface area contributed by atoms with E-state index in [0.29, 0.717) is 0 Å². The summed E-state index contributed by atoms with van der Waals surface area (Å²) in [5.41, 5.74) is 0.815. The van der Waals surface area contributed by atoms with E-state index < -0.39 is 0 Å². The second-order valence-electron chi connectivity index (χ2n) is 1.55. The van der Waals surface area contributed by atoms with E-state index in [0.717, 1.165) is 16.7 Å². The van der Waals surface area contributed by atoms with Crippen molar-refractivity contribution < 1.29 is 4.79 Å². The molecule has 0 radical (unpaired) electrons. The van der Waals surface area contributed by atoms with Crippen molar-refractivity contribution in [2.45, 2.75) is 6.92 Å².